The fourth-order valence-electron chi connectivity index (χ4n) is 4.83. The minimum Gasteiger partial charge on any atom is -0.391 e. The summed E-state index contributed by atoms with van der Waals surface area (Å²) in [6.45, 7) is 4.13. The van der Waals surface area contributed by atoms with Crippen LogP contribution in [-0.4, -0.2) is 38.8 Å². The Hall–Kier alpha value is -2.40. The molecule has 4 atom stereocenters. The Balaban J connectivity index is 1.40. The number of hydrogen-bond donors (Lipinski definition) is 1. The molecule has 5 heteroatoms. The van der Waals surface area contributed by atoms with E-state index in [1.807, 2.05) is 36.8 Å². The monoisotopic (exact) mass is 348 g/mol. The SMILES string of the molecule is Cc1ccnc(N2C[C@H]3C[C@@H](n4cnc5ccccc54)[C@H](O)C[C@H]3C2)c1. The number of para-hydroxylation sites is 2. The smallest absolute Gasteiger partial charge is 0.128 e. The molecule has 1 saturated carbocycles. The maximum atomic E-state index is 10.9. The molecule has 1 aliphatic carbocycles. The third-order valence-corrected chi connectivity index (χ3v) is 6.17. The molecule has 1 aliphatic heterocycles. The highest BCUT2D eigenvalue weighted by molar-refractivity contribution is 5.75. The molecular weight excluding hydrogens is 324 g/mol. The second-order valence-corrected chi connectivity index (χ2v) is 7.86. The van der Waals surface area contributed by atoms with Crippen LogP contribution in [0.25, 0.3) is 11.0 Å². The van der Waals surface area contributed by atoms with Gasteiger partial charge in [-0.15, -0.1) is 0 Å². The number of pyridine rings is 1. The summed E-state index contributed by atoms with van der Waals surface area (Å²) in [7, 11) is 0. The molecule has 134 valence electrons. The maximum absolute atomic E-state index is 10.9. The van der Waals surface area contributed by atoms with Gasteiger partial charge in [0.25, 0.3) is 0 Å². The fraction of sp³-hybridized carbons (Fsp3) is 0.429. The van der Waals surface area contributed by atoms with Gasteiger partial charge in [0, 0.05) is 19.3 Å². The molecule has 1 aromatic carbocycles. The molecule has 1 N–H and O–H groups in total. The van der Waals surface area contributed by atoms with Crippen molar-refractivity contribution in [1.82, 2.24) is 14.5 Å². The lowest BCUT2D eigenvalue weighted by atomic mass is 9.77. The zero-order valence-corrected chi connectivity index (χ0v) is 15.0. The van der Waals surface area contributed by atoms with Gasteiger partial charge in [-0.2, -0.15) is 0 Å². The number of imidazole rings is 1. The Morgan fingerprint density at radius 3 is 2.69 bits per heavy atom. The van der Waals surface area contributed by atoms with Crippen LogP contribution in [0.1, 0.15) is 24.4 Å². The second-order valence-electron chi connectivity index (χ2n) is 7.86. The van der Waals surface area contributed by atoms with Gasteiger partial charge in [-0.1, -0.05) is 12.1 Å². The lowest BCUT2D eigenvalue weighted by molar-refractivity contribution is 0.0375. The number of rotatable bonds is 2. The van der Waals surface area contributed by atoms with E-state index in [4.69, 9.17) is 0 Å². The number of nitrogens with zero attached hydrogens (tertiary/aromatic N) is 4. The molecule has 1 saturated heterocycles. The van der Waals surface area contributed by atoms with Gasteiger partial charge in [0.05, 0.1) is 29.5 Å². The van der Waals surface area contributed by atoms with E-state index in [0.29, 0.717) is 11.8 Å². The molecule has 0 unspecified atom stereocenters. The average molecular weight is 348 g/mol. The van der Waals surface area contributed by atoms with Gasteiger partial charge >= 0.3 is 0 Å². The Labute approximate surface area is 153 Å². The average Bonchev–Trinajstić information content (AvgIpc) is 3.24. The normalized spacial score (nSPS) is 28.5. The number of aryl methyl sites for hydroxylation is 1. The van der Waals surface area contributed by atoms with Crippen molar-refractivity contribution in [3.8, 4) is 0 Å². The molecule has 26 heavy (non-hydrogen) atoms. The van der Waals surface area contributed by atoms with Crippen molar-refractivity contribution >= 4 is 16.9 Å². The molecule has 3 heterocycles. The summed E-state index contributed by atoms with van der Waals surface area (Å²) in [6.07, 6.45) is 5.31. The quantitative estimate of drug-likeness (QED) is 0.773. The van der Waals surface area contributed by atoms with Crippen LogP contribution in [0.3, 0.4) is 0 Å². The zero-order chi connectivity index (χ0) is 17.7. The molecule has 0 bridgehead atoms. The summed E-state index contributed by atoms with van der Waals surface area (Å²) >= 11 is 0. The van der Waals surface area contributed by atoms with Crippen molar-refractivity contribution in [3.05, 3.63) is 54.5 Å². The molecule has 2 fully saturated rings. The fourth-order valence-corrected chi connectivity index (χ4v) is 4.83. The van der Waals surface area contributed by atoms with Crippen LogP contribution in [0.4, 0.5) is 5.82 Å². The van der Waals surface area contributed by atoms with E-state index in [9.17, 15) is 5.11 Å². The van der Waals surface area contributed by atoms with E-state index in [0.717, 1.165) is 42.8 Å². The van der Waals surface area contributed by atoms with Gasteiger partial charge < -0.3 is 14.6 Å². The van der Waals surface area contributed by atoms with Crippen molar-refractivity contribution in [2.45, 2.75) is 31.9 Å². The highest BCUT2D eigenvalue weighted by Gasteiger charge is 2.42. The molecule has 0 amide bonds. The number of aromatic nitrogens is 3. The zero-order valence-electron chi connectivity index (χ0n) is 15.0. The molecule has 2 aromatic heterocycles. The first kappa shape index (κ1) is 15.8. The Bertz CT molecular complexity index is 936. The van der Waals surface area contributed by atoms with Crippen LogP contribution in [0, 0.1) is 18.8 Å². The molecule has 0 spiro atoms. The molecular formula is C21H24N4O. The minimum atomic E-state index is -0.320. The largest absolute Gasteiger partial charge is 0.391 e. The van der Waals surface area contributed by atoms with E-state index in [2.05, 4.69) is 38.5 Å². The van der Waals surface area contributed by atoms with Gasteiger partial charge in [-0.25, -0.2) is 9.97 Å². The van der Waals surface area contributed by atoms with Gasteiger partial charge in [0.2, 0.25) is 0 Å². The van der Waals surface area contributed by atoms with E-state index < -0.39 is 0 Å². The predicted octanol–water partition coefficient (Wildman–Crippen LogP) is 3.19. The lowest BCUT2D eigenvalue weighted by Crippen LogP contribution is -2.36. The highest BCUT2D eigenvalue weighted by Crippen LogP contribution is 2.43. The van der Waals surface area contributed by atoms with Crippen LogP contribution in [0.15, 0.2) is 48.9 Å². The summed E-state index contributed by atoms with van der Waals surface area (Å²) in [5, 5.41) is 10.9. The van der Waals surface area contributed by atoms with Crippen molar-refractivity contribution in [1.29, 1.82) is 0 Å². The van der Waals surface area contributed by atoms with Crippen molar-refractivity contribution in [2.24, 2.45) is 11.8 Å². The predicted molar refractivity (Wildman–Crippen MR) is 102 cm³/mol. The highest BCUT2D eigenvalue weighted by atomic mass is 16.3. The standard InChI is InChI=1S/C21H24N4O/c1-14-6-7-22-21(8-14)24-11-15-9-19(20(26)10-16(15)12-24)25-13-23-17-4-2-3-5-18(17)25/h2-8,13,15-16,19-20,26H,9-12H2,1H3/t15-,16+,19-,20-/m1/s1. The third-order valence-electron chi connectivity index (χ3n) is 6.17. The Morgan fingerprint density at radius 1 is 1.04 bits per heavy atom. The van der Waals surface area contributed by atoms with Crippen molar-refractivity contribution in [3.63, 3.8) is 0 Å². The van der Waals surface area contributed by atoms with Crippen LogP contribution >= 0.6 is 0 Å². The van der Waals surface area contributed by atoms with Gasteiger partial charge in [-0.3, -0.25) is 0 Å². The van der Waals surface area contributed by atoms with Crippen molar-refractivity contribution in [2.75, 3.05) is 18.0 Å². The molecule has 5 rings (SSSR count). The number of aliphatic hydroxyl groups excluding tert-OH is 1. The first-order chi connectivity index (χ1) is 12.7. The van der Waals surface area contributed by atoms with Crippen LogP contribution < -0.4 is 4.90 Å². The third kappa shape index (κ3) is 2.58. The summed E-state index contributed by atoms with van der Waals surface area (Å²) < 4.78 is 2.18. The van der Waals surface area contributed by atoms with E-state index >= 15 is 0 Å². The van der Waals surface area contributed by atoms with Gasteiger partial charge in [-0.05, 0) is 61.4 Å². The first-order valence-corrected chi connectivity index (χ1v) is 9.46. The molecule has 5 nitrogen and oxygen atoms in total. The molecule has 2 aliphatic rings. The summed E-state index contributed by atoms with van der Waals surface area (Å²) in [6, 6.07) is 12.5. The van der Waals surface area contributed by atoms with E-state index in [-0.39, 0.29) is 12.1 Å². The van der Waals surface area contributed by atoms with Gasteiger partial charge in [0.1, 0.15) is 5.82 Å². The number of benzene rings is 1. The number of aliphatic hydroxyl groups is 1. The van der Waals surface area contributed by atoms with E-state index in [1.54, 1.807) is 0 Å². The Kier molecular flexibility index (Phi) is 3.71. The first-order valence-electron chi connectivity index (χ1n) is 9.46. The van der Waals surface area contributed by atoms with Crippen LogP contribution in [0.2, 0.25) is 0 Å². The molecule has 3 aromatic rings. The lowest BCUT2D eigenvalue weighted by Gasteiger charge is -2.36. The number of fused-ring (bicyclic) bond motifs is 2. The maximum Gasteiger partial charge on any atom is 0.128 e. The van der Waals surface area contributed by atoms with Crippen molar-refractivity contribution < 1.29 is 5.11 Å². The summed E-state index contributed by atoms with van der Waals surface area (Å²) in [5.74, 6) is 2.20. The number of hydrogen-bond acceptors (Lipinski definition) is 4. The molecule has 0 radical (unpaired) electrons. The summed E-state index contributed by atoms with van der Waals surface area (Å²) in [4.78, 5) is 11.5. The van der Waals surface area contributed by atoms with E-state index in [1.165, 1.54) is 5.56 Å². The summed E-state index contributed by atoms with van der Waals surface area (Å²) in [5.41, 5.74) is 3.36. The second kappa shape index (κ2) is 6.09. The Morgan fingerprint density at radius 2 is 1.85 bits per heavy atom. The van der Waals surface area contributed by atoms with Gasteiger partial charge in [0.15, 0.2) is 0 Å². The number of anilines is 1. The van der Waals surface area contributed by atoms with Crippen LogP contribution in [-0.2, 0) is 0 Å². The minimum absolute atomic E-state index is 0.106. The topological polar surface area (TPSA) is 54.2 Å². The van der Waals surface area contributed by atoms with Crippen LogP contribution in [0.5, 0.6) is 0 Å².